The minimum atomic E-state index is -0.830. The summed E-state index contributed by atoms with van der Waals surface area (Å²) in [6.07, 6.45) is 1.79. The Morgan fingerprint density at radius 1 is 0.712 bits per heavy atom. The van der Waals surface area contributed by atoms with Gasteiger partial charge in [-0.05, 0) is 75.4 Å². The summed E-state index contributed by atoms with van der Waals surface area (Å²) >= 11 is 0. The summed E-state index contributed by atoms with van der Waals surface area (Å²) in [4.78, 5) is 86.1. The largest absolute Gasteiger partial charge is 0.365 e. The summed E-state index contributed by atoms with van der Waals surface area (Å²) in [5, 5.41) is 32.7. The molecule has 0 spiro atoms. The van der Waals surface area contributed by atoms with Gasteiger partial charge in [0.25, 0.3) is 11.4 Å². The molecule has 1 heterocycles. The fourth-order valence-electron chi connectivity index (χ4n) is 5.83. The van der Waals surface area contributed by atoms with E-state index < -0.39 is 44.7 Å². The summed E-state index contributed by atoms with van der Waals surface area (Å²) in [5.74, 6) is -3.08. The maximum Gasteiger partial charge on any atom is 0.365 e. The van der Waals surface area contributed by atoms with Crippen molar-refractivity contribution in [2.45, 2.75) is 39.7 Å². The van der Waals surface area contributed by atoms with Gasteiger partial charge in [-0.1, -0.05) is 46.7 Å². The zero-order chi connectivity index (χ0) is 37.1. The van der Waals surface area contributed by atoms with Crippen LogP contribution in [0.3, 0.4) is 0 Å². The van der Waals surface area contributed by atoms with Crippen LogP contribution in [0.4, 0.5) is 11.4 Å². The highest BCUT2D eigenvalue weighted by molar-refractivity contribution is 6.47. The molecule has 0 unspecified atom stereocenters. The summed E-state index contributed by atoms with van der Waals surface area (Å²) in [7, 11) is 0. The second-order valence-corrected chi connectivity index (χ2v) is 12.1. The molecule has 0 bridgehead atoms. The number of Topliss-reactive ketones (excluding diaryl/α,β-unsaturated/α-hetero) is 2. The van der Waals surface area contributed by atoms with Crippen LogP contribution >= 0.6 is 0 Å². The molecular weight excluding hydrogens is 674 g/mol. The minimum absolute atomic E-state index is 0.00915. The van der Waals surface area contributed by atoms with E-state index in [0.717, 1.165) is 25.0 Å². The van der Waals surface area contributed by atoms with Crippen LogP contribution in [0, 0.1) is 26.1 Å². The molecule has 4 aromatic carbocycles. The average molecular weight is 704 g/mol. The Labute approximate surface area is 294 Å². The normalized spacial score (nSPS) is 13.2. The first-order chi connectivity index (χ1) is 25.0. The van der Waals surface area contributed by atoms with Crippen molar-refractivity contribution >= 4 is 68.1 Å². The maximum absolute atomic E-state index is 14.0. The molecule has 5 aromatic rings. The van der Waals surface area contributed by atoms with Crippen LogP contribution in [-0.2, 0) is 16.2 Å². The first-order valence-corrected chi connectivity index (χ1v) is 16.1. The van der Waals surface area contributed by atoms with Crippen molar-refractivity contribution in [3.63, 3.8) is 0 Å². The fraction of sp³-hybridized carbons (Fsp3) is 0.189. The molecular formula is C37H29N5O10. The number of nitro benzene ring substituents is 2. The SMILES string of the molecule is CCn1c2c([N+](=O)[O-])cc(C(=O)/C(C)=N/OC(=O)c3ccccc3)cc2c2cc(C(=O)/C(CC3CC3)=N/OC(=O)c3ccccc3)cc([N+](=O)[O-])c21. The Morgan fingerprint density at radius 2 is 1.17 bits per heavy atom. The van der Waals surface area contributed by atoms with Gasteiger partial charge in [-0.15, -0.1) is 0 Å². The zero-order valence-electron chi connectivity index (χ0n) is 27.8. The first kappa shape index (κ1) is 34.9. The molecule has 0 N–H and O–H groups in total. The van der Waals surface area contributed by atoms with Crippen LogP contribution in [0.2, 0.25) is 0 Å². The van der Waals surface area contributed by atoms with Crippen molar-refractivity contribution in [3.05, 3.63) is 127 Å². The lowest BCUT2D eigenvalue weighted by Gasteiger charge is -2.08. The second kappa shape index (κ2) is 14.5. The van der Waals surface area contributed by atoms with Gasteiger partial charge in [-0.25, -0.2) is 9.59 Å². The van der Waals surface area contributed by atoms with E-state index in [4.69, 9.17) is 9.68 Å². The lowest BCUT2D eigenvalue weighted by atomic mass is 9.98. The molecule has 0 amide bonds. The van der Waals surface area contributed by atoms with Gasteiger partial charge in [0.2, 0.25) is 11.6 Å². The van der Waals surface area contributed by atoms with Gasteiger partial charge >= 0.3 is 11.9 Å². The van der Waals surface area contributed by atoms with Crippen molar-refractivity contribution in [1.82, 2.24) is 4.57 Å². The van der Waals surface area contributed by atoms with Gasteiger partial charge in [0.15, 0.2) is 0 Å². The Hall–Kier alpha value is -6.90. The smallest absolute Gasteiger partial charge is 0.330 e. The van der Waals surface area contributed by atoms with Gasteiger partial charge in [0.05, 0.1) is 21.0 Å². The number of ketones is 2. The molecule has 1 saturated carbocycles. The highest BCUT2D eigenvalue weighted by Gasteiger charge is 2.32. The topological polar surface area (TPSA) is 203 Å². The van der Waals surface area contributed by atoms with Gasteiger partial charge in [0.1, 0.15) is 22.5 Å². The summed E-state index contributed by atoms with van der Waals surface area (Å²) in [6.45, 7) is 2.96. The van der Waals surface area contributed by atoms with E-state index in [0.29, 0.717) is 0 Å². The van der Waals surface area contributed by atoms with E-state index in [1.54, 1.807) is 43.3 Å². The van der Waals surface area contributed by atoms with Crippen molar-refractivity contribution in [2.24, 2.45) is 16.2 Å². The summed E-state index contributed by atoms with van der Waals surface area (Å²) in [5.41, 5.74) is -1.49. The van der Waals surface area contributed by atoms with Crippen molar-refractivity contribution in [2.75, 3.05) is 0 Å². The third-order valence-corrected chi connectivity index (χ3v) is 8.54. The quantitative estimate of drug-likeness (QED) is 0.0395. The van der Waals surface area contributed by atoms with Crippen LogP contribution in [0.1, 0.15) is 74.5 Å². The molecule has 15 nitrogen and oxygen atoms in total. The highest BCUT2D eigenvalue weighted by Crippen LogP contribution is 2.41. The molecule has 1 aromatic heterocycles. The van der Waals surface area contributed by atoms with Crippen molar-refractivity contribution < 1.29 is 38.7 Å². The van der Waals surface area contributed by atoms with Gasteiger partial charge in [-0.2, -0.15) is 0 Å². The summed E-state index contributed by atoms with van der Waals surface area (Å²) in [6, 6.07) is 20.7. The molecule has 1 fully saturated rings. The number of benzene rings is 4. The lowest BCUT2D eigenvalue weighted by Crippen LogP contribution is -2.17. The Balaban J connectivity index is 1.46. The molecule has 0 aliphatic heterocycles. The van der Waals surface area contributed by atoms with Gasteiger partial charge < -0.3 is 14.2 Å². The number of aryl methyl sites for hydroxylation is 1. The standard InChI is InChI=1S/C37H29N5O10/c1-3-40-32-27(17-25(19-30(32)41(47)48)34(43)21(2)38-51-36(45)23-10-6-4-7-11-23)28-18-26(20-31(33(28)40)42(49)50)35(44)29(16-22-14-15-22)39-52-37(46)24-12-8-5-9-13-24/h4-13,17-20,22H,3,14-16H2,1-2H3/b38-21+,39-29+. The molecule has 6 rings (SSSR count). The number of oxime groups is 2. The molecule has 1 aliphatic rings. The maximum atomic E-state index is 14.0. The predicted octanol–water partition coefficient (Wildman–Crippen LogP) is 7.24. The third-order valence-electron chi connectivity index (χ3n) is 8.54. The summed E-state index contributed by atoms with van der Waals surface area (Å²) < 4.78 is 1.38. The molecule has 0 atom stereocenters. The van der Waals surface area contributed by atoms with Crippen LogP contribution in [0.5, 0.6) is 0 Å². The molecule has 262 valence electrons. The Morgan fingerprint density at radius 3 is 1.62 bits per heavy atom. The monoisotopic (exact) mass is 703 g/mol. The fourth-order valence-corrected chi connectivity index (χ4v) is 5.83. The number of rotatable bonds is 13. The van der Waals surface area contributed by atoms with Crippen molar-refractivity contribution in [3.8, 4) is 0 Å². The van der Waals surface area contributed by atoms with Crippen LogP contribution in [-0.4, -0.2) is 49.3 Å². The number of non-ortho nitro benzene ring substituents is 2. The number of nitrogens with zero attached hydrogens (tertiary/aromatic N) is 5. The van der Waals surface area contributed by atoms with Crippen LogP contribution in [0.15, 0.2) is 95.2 Å². The van der Waals surface area contributed by atoms with E-state index in [9.17, 15) is 39.4 Å². The minimum Gasteiger partial charge on any atom is -0.330 e. The predicted molar refractivity (Wildman–Crippen MR) is 189 cm³/mol. The Kier molecular flexibility index (Phi) is 9.76. The van der Waals surface area contributed by atoms with Gasteiger partial charge in [-0.3, -0.25) is 29.8 Å². The van der Waals surface area contributed by atoms with E-state index >= 15 is 0 Å². The molecule has 1 aliphatic carbocycles. The van der Waals surface area contributed by atoms with E-state index in [-0.39, 0.29) is 74.4 Å². The highest BCUT2D eigenvalue weighted by atomic mass is 16.7. The number of aromatic nitrogens is 1. The van der Waals surface area contributed by atoms with Crippen molar-refractivity contribution in [1.29, 1.82) is 0 Å². The van der Waals surface area contributed by atoms with Crippen LogP contribution < -0.4 is 0 Å². The number of hydrogen-bond donors (Lipinski definition) is 0. The number of hydrogen-bond acceptors (Lipinski definition) is 12. The molecule has 15 heteroatoms. The number of fused-ring (bicyclic) bond motifs is 3. The molecule has 0 radical (unpaired) electrons. The number of carbonyl (C=O) groups is 4. The Bertz CT molecular complexity index is 2360. The zero-order valence-corrected chi connectivity index (χ0v) is 27.8. The number of carbonyl (C=O) groups excluding carboxylic acids is 4. The van der Waals surface area contributed by atoms with E-state index in [2.05, 4.69) is 10.3 Å². The molecule has 0 saturated heterocycles. The number of nitro groups is 2. The van der Waals surface area contributed by atoms with E-state index in [1.165, 1.54) is 47.9 Å². The molecule has 52 heavy (non-hydrogen) atoms. The van der Waals surface area contributed by atoms with Gasteiger partial charge in [0, 0.05) is 40.6 Å². The van der Waals surface area contributed by atoms with E-state index in [1.807, 2.05) is 0 Å². The average Bonchev–Trinajstić information content (AvgIpc) is 3.93. The third kappa shape index (κ3) is 7.05. The first-order valence-electron chi connectivity index (χ1n) is 16.1. The lowest BCUT2D eigenvalue weighted by molar-refractivity contribution is -0.383. The second-order valence-electron chi connectivity index (χ2n) is 12.1. The van der Waals surface area contributed by atoms with Crippen LogP contribution in [0.25, 0.3) is 21.8 Å².